The van der Waals surface area contributed by atoms with Crippen molar-refractivity contribution >= 4 is 16.6 Å². The van der Waals surface area contributed by atoms with Gasteiger partial charge in [-0.1, -0.05) is 30.3 Å². The molecule has 2 aromatic carbocycles. The summed E-state index contributed by atoms with van der Waals surface area (Å²) >= 11 is 0. The molecule has 0 bridgehead atoms. The van der Waals surface area contributed by atoms with Crippen molar-refractivity contribution in [2.24, 2.45) is 0 Å². The monoisotopic (exact) mass is 312 g/mol. The first-order valence-electron chi connectivity index (χ1n) is 6.02. The summed E-state index contributed by atoms with van der Waals surface area (Å²) in [4.78, 5) is 12.4. The summed E-state index contributed by atoms with van der Waals surface area (Å²) in [6, 6.07) is 12.3. The second-order valence-electron chi connectivity index (χ2n) is 4.30. The SMILES string of the molecule is O=C(CS(=O)c1ccccc1)c1ccc(C(F)(F)F)cc1. The highest BCUT2D eigenvalue weighted by Crippen LogP contribution is 2.29. The second-order valence-corrected chi connectivity index (χ2v) is 5.75. The molecule has 0 aliphatic heterocycles. The molecule has 0 aliphatic carbocycles. The first-order valence-corrected chi connectivity index (χ1v) is 7.34. The maximum atomic E-state index is 12.4. The van der Waals surface area contributed by atoms with Gasteiger partial charge in [0.2, 0.25) is 0 Å². The molecule has 1 atom stereocenters. The molecule has 0 saturated carbocycles. The normalized spacial score (nSPS) is 12.9. The predicted molar refractivity (Wildman–Crippen MR) is 73.5 cm³/mol. The van der Waals surface area contributed by atoms with E-state index in [4.69, 9.17) is 0 Å². The van der Waals surface area contributed by atoms with E-state index in [9.17, 15) is 22.2 Å². The molecule has 0 fully saturated rings. The van der Waals surface area contributed by atoms with Crippen LogP contribution in [0.2, 0.25) is 0 Å². The van der Waals surface area contributed by atoms with Crippen LogP contribution in [0.4, 0.5) is 13.2 Å². The van der Waals surface area contributed by atoms with Crippen molar-refractivity contribution in [3.05, 3.63) is 65.7 Å². The summed E-state index contributed by atoms with van der Waals surface area (Å²) in [6.45, 7) is 0. The molecule has 2 rings (SSSR count). The highest BCUT2D eigenvalue weighted by atomic mass is 32.2. The van der Waals surface area contributed by atoms with Gasteiger partial charge in [-0.15, -0.1) is 0 Å². The number of ketones is 1. The Bertz CT molecular complexity index is 649. The standard InChI is InChI=1S/C15H11F3O2S/c16-15(17,18)12-8-6-11(7-9-12)14(19)10-21(20)13-4-2-1-3-5-13/h1-9H,10H2. The minimum absolute atomic E-state index is 0.118. The van der Waals surface area contributed by atoms with E-state index >= 15 is 0 Å². The smallest absolute Gasteiger partial charge is 0.293 e. The summed E-state index contributed by atoms with van der Waals surface area (Å²) in [6.07, 6.45) is -4.44. The zero-order chi connectivity index (χ0) is 15.5. The van der Waals surface area contributed by atoms with Crippen LogP contribution in [0, 0.1) is 0 Å². The summed E-state index contributed by atoms with van der Waals surface area (Å²) in [5.74, 6) is -0.707. The maximum Gasteiger partial charge on any atom is 0.416 e. The molecule has 21 heavy (non-hydrogen) atoms. The lowest BCUT2D eigenvalue weighted by Gasteiger charge is -2.07. The summed E-state index contributed by atoms with van der Waals surface area (Å²) in [7, 11) is -1.51. The first-order chi connectivity index (χ1) is 9.88. The zero-order valence-corrected chi connectivity index (χ0v) is 11.6. The largest absolute Gasteiger partial charge is 0.416 e. The fourth-order valence-electron chi connectivity index (χ4n) is 1.70. The fourth-order valence-corrected chi connectivity index (χ4v) is 2.74. The minimum Gasteiger partial charge on any atom is -0.293 e. The Labute approximate surface area is 122 Å². The molecule has 0 heterocycles. The molecule has 110 valence electrons. The summed E-state index contributed by atoms with van der Waals surface area (Å²) < 4.78 is 49.2. The lowest BCUT2D eigenvalue weighted by Crippen LogP contribution is -2.12. The van der Waals surface area contributed by atoms with E-state index in [1.807, 2.05) is 0 Å². The Morgan fingerprint density at radius 1 is 0.952 bits per heavy atom. The van der Waals surface area contributed by atoms with Gasteiger partial charge >= 0.3 is 6.18 Å². The molecule has 0 aromatic heterocycles. The van der Waals surface area contributed by atoms with Crippen molar-refractivity contribution in [1.82, 2.24) is 0 Å². The lowest BCUT2D eigenvalue weighted by molar-refractivity contribution is -0.137. The van der Waals surface area contributed by atoms with Crippen LogP contribution in [0.3, 0.4) is 0 Å². The quantitative estimate of drug-likeness (QED) is 0.807. The minimum atomic E-state index is -4.44. The molecule has 2 aromatic rings. The van der Waals surface area contributed by atoms with Crippen LogP contribution in [-0.2, 0) is 17.0 Å². The van der Waals surface area contributed by atoms with Gasteiger partial charge in [-0.3, -0.25) is 9.00 Å². The van der Waals surface area contributed by atoms with Gasteiger partial charge in [-0.2, -0.15) is 13.2 Å². The average molecular weight is 312 g/mol. The lowest BCUT2D eigenvalue weighted by atomic mass is 10.1. The van der Waals surface area contributed by atoms with Crippen LogP contribution in [-0.4, -0.2) is 15.7 Å². The molecular formula is C15H11F3O2S. The second kappa shape index (κ2) is 6.22. The number of alkyl halides is 3. The Morgan fingerprint density at radius 3 is 2.05 bits per heavy atom. The zero-order valence-electron chi connectivity index (χ0n) is 10.8. The molecule has 0 saturated heterocycles. The number of halogens is 3. The number of Topliss-reactive ketones (excluding diaryl/α,β-unsaturated/α-hetero) is 1. The summed E-state index contributed by atoms with van der Waals surface area (Å²) in [5.41, 5.74) is -0.699. The van der Waals surface area contributed by atoms with E-state index in [2.05, 4.69) is 0 Å². The molecular weight excluding hydrogens is 301 g/mol. The van der Waals surface area contributed by atoms with Crippen molar-refractivity contribution in [2.75, 3.05) is 5.75 Å². The van der Waals surface area contributed by atoms with Gasteiger partial charge in [0.05, 0.1) is 22.1 Å². The molecule has 0 radical (unpaired) electrons. The number of hydrogen-bond acceptors (Lipinski definition) is 2. The van der Waals surface area contributed by atoms with Gasteiger partial charge in [0.1, 0.15) is 0 Å². The van der Waals surface area contributed by atoms with Crippen LogP contribution in [0.1, 0.15) is 15.9 Å². The molecule has 0 amide bonds. The third-order valence-electron chi connectivity index (χ3n) is 2.80. The predicted octanol–water partition coefficient (Wildman–Crippen LogP) is 3.70. The number of rotatable bonds is 4. The van der Waals surface area contributed by atoms with Gasteiger partial charge in [0.15, 0.2) is 5.78 Å². The topological polar surface area (TPSA) is 34.1 Å². The highest BCUT2D eigenvalue weighted by molar-refractivity contribution is 7.85. The van der Waals surface area contributed by atoms with Crippen LogP contribution in [0.15, 0.2) is 59.5 Å². The third-order valence-corrected chi connectivity index (χ3v) is 4.12. The molecule has 6 heteroatoms. The maximum absolute atomic E-state index is 12.4. The Kier molecular flexibility index (Phi) is 4.57. The highest BCUT2D eigenvalue weighted by Gasteiger charge is 2.30. The third kappa shape index (κ3) is 4.01. The number of carbonyl (C=O) groups excluding carboxylic acids is 1. The average Bonchev–Trinajstić information content (AvgIpc) is 2.47. The van der Waals surface area contributed by atoms with Crippen molar-refractivity contribution in [3.63, 3.8) is 0 Å². The number of hydrogen-bond donors (Lipinski definition) is 0. The van der Waals surface area contributed by atoms with Gasteiger partial charge in [0, 0.05) is 10.5 Å². The van der Waals surface area contributed by atoms with Crippen molar-refractivity contribution < 1.29 is 22.2 Å². The molecule has 2 nitrogen and oxygen atoms in total. The van der Waals surface area contributed by atoms with E-state index in [-0.39, 0.29) is 11.3 Å². The van der Waals surface area contributed by atoms with Gasteiger partial charge in [-0.25, -0.2) is 0 Å². The summed E-state index contributed by atoms with van der Waals surface area (Å²) in [5, 5.41) is 0. The first kappa shape index (κ1) is 15.4. The van der Waals surface area contributed by atoms with Gasteiger partial charge < -0.3 is 0 Å². The molecule has 1 unspecified atom stereocenters. The van der Waals surface area contributed by atoms with E-state index in [0.29, 0.717) is 4.90 Å². The Hall–Kier alpha value is -1.95. The van der Waals surface area contributed by atoms with Gasteiger partial charge in [0.25, 0.3) is 0 Å². The van der Waals surface area contributed by atoms with Crippen LogP contribution in [0.25, 0.3) is 0 Å². The molecule has 0 aliphatic rings. The Morgan fingerprint density at radius 2 is 1.52 bits per heavy atom. The molecule has 0 spiro atoms. The van der Waals surface area contributed by atoms with Crippen molar-refractivity contribution in [3.8, 4) is 0 Å². The van der Waals surface area contributed by atoms with Crippen LogP contribution in [0.5, 0.6) is 0 Å². The van der Waals surface area contributed by atoms with Crippen molar-refractivity contribution in [2.45, 2.75) is 11.1 Å². The van der Waals surface area contributed by atoms with E-state index in [1.165, 1.54) is 0 Å². The number of carbonyl (C=O) groups is 1. The van der Waals surface area contributed by atoms with Crippen LogP contribution < -0.4 is 0 Å². The van der Waals surface area contributed by atoms with Crippen LogP contribution >= 0.6 is 0 Å². The van der Waals surface area contributed by atoms with E-state index in [0.717, 1.165) is 24.3 Å². The Balaban J connectivity index is 2.09. The number of benzene rings is 2. The molecule has 0 N–H and O–H groups in total. The van der Waals surface area contributed by atoms with E-state index < -0.39 is 28.3 Å². The van der Waals surface area contributed by atoms with Crippen molar-refractivity contribution in [1.29, 1.82) is 0 Å². The van der Waals surface area contributed by atoms with Gasteiger partial charge in [-0.05, 0) is 24.3 Å². The fraction of sp³-hybridized carbons (Fsp3) is 0.133. The van der Waals surface area contributed by atoms with E-state index in [1.54, 1.807) is 30.3 Å².